The Morgan fingerprint density at radius 1 is 0.594 bits per heavy atom. The van der Waals surface area contributed by atoms with Crippen molar-refractivity contribution in [3.8, 4) is 0 Å². The molecule has 0 aromatic carbocycles. The van der Waals surface area contributed by atoms with Crippen molar-refractivity contribution in [2.24, 2.45) is 0 Å². The van der Waals surface area contributed by atoms with Crippen molar-refractivity contribution in [1.29, 1.82) is 0 Å². The zero-order valence-corrected chi connectivity index (χ0v) is 22.3. The van der Waals surface area contributed by atoms with Crippen LogP contribution in [-0.4, -0.2) is 60.6 Å². The van der Waals surface area contributed by atoms with Gasteiger partial charge in [-0.1, -0.05) is 0 Å². The van der Waals surface area contributed by atoms with Gasteiger partial charge in [0.05, 0.1) is 0 Å². The number of unbranched alkanes of at least 4 members (excludes halogenated alkanes) is 1. The number of ether oxygens (including phenoxy) is 2. The highest BCUT2D eigenvalue weighted by atomic mass is 16.6. The van der Waals surface area contributed by atoms with E-state index in [2.05, 4.69) is 21.3 Å². The third-order valence-electron chi connectivity index (χ3n) is 4.49. The molecule has 0 heterocycles. The molecule has 2 amide bonds. The van der Waals surface area contributed by atoms with Crippen LogP contribution >= 0.6 is 0 Å². The molecule has 0 spiro atoms. The van der Waals surface area contributed by atoms with Gasteiger partial charge >= 0.3 is 12.2 Å². The van der Waals surface area contributed by atoms with E-state index in [1.807, 2.05) is 69.2 Å². The lowest BCUT2D eigenvalue weighted by molar-refractivity contribution is 0.0455. The molecule has 8 nitrogen and oxygen atoms in total. The normalized spacial score (nSPS) is 12.9. The molecule has 0 bridgehead atoms. The lowest BCUT2D eigenvalue weighted by atomic mass is 10.0. The Balaban J connectivity index is -0.000000801. The fourth-order valence-corrected chi connectivity index (χ4v) is 2.84. The zero-order valence-electron chi connectivity index (χ0n) is 22.3. The topological polar surface area (TPSA) is 101 Å². The van der Waals surface area contributed by atoms with Crippen molar-refractivity contribution in [2.75, 3.05) is 26.2 Å². The number of rotatable bonds is 13. The van der Waals surface area contributed by atoms with Crippen molar-refractivity contribution >= 4 is 12.2 Å². The molecule has 0 saturated carbocycles. The largest absolute Gasteiger partial charge is 0.444 e. The fraction of sp³-hybridized carbons (Fsp3) is 0.917. The summed E-state index contributed by atoms with van der Waals surface area (Å²) in [7, 11) is 0. The number of hydrogen-bond acceptors (Lipinski definition) is 6. The van der Waals surface area contributed by atoms with E-state index in [4.69, 9.17) is 9.47 Å². The molecule has 0 rings (SSSR count). The van der Waals surface area contributed by atoms with E-state index in [0.29, 0.717) is 0 Å². The quantitative estimate of drug-likeness (QED) is 0.274. The highest BCUT2D eigenvalue weighted by Gasteiger charge is 2.25. The molecular formula is C24H58N4O4. The van der Waals surface area contributed by atoms with Crippen LogP contribution in [-0.2, 0) is 9.47 Å². The first-order valence-electron chi connectivity index (χ1n) is 11.8. The van der Waals surface area contributed by atoms with Crippen LogP contribution in [0, 0.1) is 0 Å². The van der Waals surface area contributed by atoms with Gasteiger partial charge in [-0.15, -0.1) is 0 Å². The molecular weight excluding hydrogens is 408 g/mol. The van der Waals surface area contributed by atoms with Crippen LogP contribution in [0.2, 0.25) is 0 Å². The van der Waals surface area contributed by atoms with E-state index < -0.39 is 11.2 Å². The first-order valence-corrected chi connectivity index (χ1v) is 11.8. The second-order valence-corrected chi connectivity index (χ2v) is 11.7. The molecule has 0 aromatic rings. The summed E-state index contributed by atoms with van der Waals surface area (Å²) in [6, 6.07) is 0. The highest BCUT2D eigenvalue weighted by Crippen LogP contribution is 2.13. The van der Waals surface area contributed by atoms with Crippen LogP contribution in [0.15, 0.2) is 0 Å². The molecule has 32 heavy (non-hydrogen) atoms. The molecule has 8 heteroatoms. The van der Waals surface area contributed by atoms with Gasteiger partial charge in [0.25, 0.3) is 0 Å². The predicted octanol–water partition coefficient (Wildman–Crippen LogP) is 5.32. The van der Waals surface area contributed by atoms with E-state index in [1.54, 1.807) is 0 Å². The monoisotopic (exact) mass is 466 g/mol. The van der Waals surface area contributed by atoms with Gasteiger partial charge in [0.1, 0.15) is 11.2 Å². The van der Waals surface area contributed by atoms with E-state index >= 15 is 0 Å². The van der Waals surface area contributed by atoms with Crippen LogP contribution in [0.5, 0.6) is 0 Å². The Morgan fingerprint density at radius 3 is 1.19 bits per heavy atom. The van der Waals surface area contributed by atoms with Crippen LogP contribution in [0.1, 0.15) is 101 Å². The molecule has 0 radical (unpaired) electrons. The molecule has 0 aliphatic rings. The number of amides is 2. The summed E-state index contributed by atoms with van der Waals surface area (Å²) < 4.78 is 10.6. The second kappa shape index (κ2) is 13.2. The van der Waals surface area contributed by atoms with Gasteiger partial charge in [-0.3, -0.25) is 0 Å². The summed E-state index contributed by atoms with van der Waals surface area (Å²) in [5.74, 6) is 0. The van der Waals surface area contributed by atoms with Gasteiger partial charge < -0.3 is 30.7 Å². The molecule has 0 unspecified atom stereocenters. The number of hydrogen-bond donors (Lipinski definition) is 4. The smallest absolute Gasteiger partial charge is 0.408 e. The third kappa shape index (κ3) is 19.2. The molecule has 0 fully saturated rings. The number of alkyl carbamates (subject to hydrolysis) is 2. The maximum absolute atomic E-state index is 11.9. The maximum atomic E-state index is 11.9. The predicted molar refractivity (Wildman–Crippen MR) is 140 cm³/mol. The van der Waals surface area contributed by atoms with E-state index in [9.17, 15) is 9.59 Å². The number of carbonyl (C=O) groups is 2. The fourth-order valence-electron chi connectivity index (χ4n) is 2.84. The first-order chi connectivity index (χ1) is 14.4. The molecule has 0 aliphatic heterocycles. The minimum Gasteiger partial charge on any atom is -0.444 e. The Bertz CT molecular complexity index is 531. The van der Waals surface area contributed by atoms with E-state index in [1.165, 1.54) is 0 Å². The van der Waals surface area contributed by atoms with Gasteiger partial charge in [0.15, 0.2) is 0 Å². The second-order valence-electron chi connectivity index (χ2n) is 11.7. The minimum absolute atomic E-state index is 0. The summed E-state index contributed by atoms with van der Waals surface area (Å²) >= 11 is 0. The lowest BCUT2D eigenvalue weighted by Crippen LogP contribution is -2.47. The van der Waals surface area contributed by atoms with Crippen LogP contribution in [0.25, 0.3) is 0 Å². The van der Waals surface area contributed by atoms with Crippen molar-refractivity contribution in [3.05, 3.63) is 0 Å². The zero-order chi connectivity index (χ0) is 25.1. The summed E-state index contributed by atoms with van der Waals surface area (Å²) in [5.41, 5.74) is -1.62. The summed E-state index contributed by atoms with van der Waals surface area (Å²) in [6.45, 7) is 22.7. The van der Waals surface area contributed by atoms with Crippen molar-refractivity contribution in [1.82, 2.24) is 21.3 Å². The van der Waals surface area contributed by atoms with E-state index in [0.717, 1.165) is 51.9 Å². The van der Waals surface area contributed by atoms with Gasteiger partial charge in [-0.25, -0.2) is 9.59 Å². The Labute approximate surface area is 202 Å². The van der Waals surface area contributed by atoms with Crippen molar-refractivity contribution < 1.29 is 24.8 Å². The van der Waals surface area contributed by atoms with Gasteiger partial charge in [0.2, 0.25) is 0 Å². The number of nitrogens with one attached hydrogen (secondary N) is 4. The molecule has 0 atom stereocenters. The first kappa shape index (κ1) is 30.5. The summed E-state index contributed by atoms with van der Waals surface area (Å²) in [6.07, 6.45) is 3.05. The Morgan fingerprint density at radius 2 is 0.906 bits per heavy atom. The Hall–Kier alpha value is -1.54. The highest BCUT2D eigenvalue weighted by molar-refractivity contribution is 5.69. The third-order valence-corrected chi connectivity index (χ3v) is 4.49. The molecule has 0 saturated heterocycles. The standard InChI is InChI=1S/C24H50N4O4.4H2/c1-21(2,3)31-19(29)27-23(7,8)13-17-25-15-11-12-16-26-18-14-24(9,10)28-20(30)32-22(4,5)6;;;;/h25-26H,11-18H2,1-10H3,(H,27,29)(H,28,30);4*1H. The lowest BCUT2D eigenvalue weighted by Gasteiger charge is -2.29. The van der Waals surface area contributed by atoms with Crippen molar-refractivity contribution in [2.45, 2.75) is 117 Å². The van der Waals surface area contributed by atoms with Crippen LogP contribution < -0.4 is 21.3 Å². The SMILES string of the molecule is CC(C)(CCNCCCCNCCC(C)(C)NC(=O)OC(C)(C)C)NC(=O)OC(C)(C)C.[HH].[HH].[HH].[HH]. The maximum Gasteiger partial charge on any atom is 0.408 e. The van der Waals surface area contributed by atoms with Gasteiger partial charge in [0, 0.05) is 16.8 Å². The molecule has 4 N–H and O–H groups in total. The number of carbonyl (C=O) groups excluding carboxylic acids is 2. The Kier molecular flexibility index (Phi) is 12.6. The minimum atomic E-state index is -0.489. The van der Waals surface area contributed by atoms with Gasteiger partial charge in [-0.05, 0) is 121 Å². The average molecular weight is 467 g/mol. The summed E-state index contributed by atoms with van der Waals surface area (Å²) in [5, 5.41) is 12.7. The van der Waals surface area contributed by atoms with Crippen molar-refractivity contribution in [3.63, 3.8) is 0 Å². The summed E-state index contributed by atoms with van der Waals surface area (Å²) in [4.78, 5) is 23.8. The van der Waals surface area contributed by atoms with Gasteiger partial charge in [-0.2, -0.15) is 0 Å². The molecule has 0 aliphatic carbocycles. The average Bonchev–Trinajstić information content (AvgIpc) is 2.51. The van der Waals surface area contributed by atoms with E-state index in [-0.39, 0.29) is 29.0 Å². The van der Waals surface area contributed by atoms with Crippen LogP contribution in [0.3, 0.4) is 0 Å². The van der Waals surface area contributed by atoms with Crippen LogP contribution in [0.4, 0.5) is 9.59 Å². The molecule has 0 aromatic heterocycles. The molecule has 198 valence electrons.